The van der Waals surface area contributed by atoms with E-state index in [1.165, 1.54) is 25.6 Å². The van der Waals surface area contributed by atoms with Gasteiger partial charge in [-0.25, -0.2) is 0 Å². The Kier molecular flexibility index (Phi) is 2.98. The summed E-state index contributed by atoms with van der Waals surface area (Å²) in [4.78, 5) is 0. The van der Waals surface area contributed by atoms with E-state index in [2.05, 4.69) is 6.07 Å². The zero-order chi connectivity index (χ0) is 7.72. The summed E-state index contributed by atoms with van der Waals surface area (Å²) in [5.41, 5.74) is 0. The Balaban J connectivity index is 3.28. The van der Waals surface area contributed by atoms with Crippen molar-refractivity contribution in [2.24, 2.45) is 0 Å². The van der Waals surface area contributed by atoms with Crippen molar-refractivity contribution in [3.63, 3.8) is 0 Å². The van der Waals surface area contributed by atoms with E-state index in [-0.39, 0.29) is 0 Å². The van der Waals surface area contributed by atoms with Gasteiger partial charge in [-0.3, -0.25) is 0 Å². The fourth-order valence-corrected chi connectivity index (χ4v) is 3.10. The van der Waals surface area contributed by atoms with Gasteiger partial charge in [0, 0.05) is 0 Å². The van der Waals surface area contributed by atoms with Gasteiger partial charge in [0.25, 0.3) is 0 Å². The summed E-state index contributed by atoms with van der Waals surface area (Å²) < 4.78 is 3.62. The molecule has 0 aliphatic rings. The van der Waals surface area contributed by atoms with Crippen molar-refractivity contribution in [3.8, 4) is 5.75 Å². The summed E-state index contributed by atoms with van der Waals surface area (Å²) in [7, 11) is 0. The first kappa shape index (κ1) is 8.79. The van der Waals surface area contributed by atoms with Crippen LogP contribution in [-0.4, -0.2) is 55.7 Å². The van der Waals surface area contributed by atoms with E-state index in [4.69, 9.17) is 0 Å². The molecule has 0 saturated heterocycles. The normalized spacial score (nSPS) is 9.90. The van der Waals surface area contributed by atoms with E-state index in [0.717, 1.165) is 4.35 Å². The third-order valence-electron chi connectivity index (χ3n) is 1.23. The molecule has 1 nitrogen and oxygen atoms in total. The van der Waals surface area contributed by atoms with Crippen LogP contribution in [0.2, 0.25) is 0 Å². The number of aromatic hydroxyl groups is 1. The third kappa shape index (κ3) is 1.85. The number of phenolic OH excluding ortho intramolecular Hbond substituents is 1. The quantitative estimate of drug-likeness (QED) is 0.486. The topological polar surface area (TPSA) is 20.2 Å². The molecule has 0 aromatic heterocycles. The minimum atomic E-state index is 0.445. The molecule has 3 unspecified atom stereocenters. The summed E-state index contributed by atoms with van der Waals surface area (Å²) in [5.74, 6) is 0.445. The van der Waals surface area contributed by atoms with Crippen LogP contribution in [0.4, 0.5) is 0 Å². The average molecular weight is 322 g/mol. The van der Waals surface area contributed by atoms with Gasteiger partial charge in [0.05, 0.1) is 0 Å². The summed E-state index contributed by atoms with van der Waals surface area (Å²) >= 11 is 4.68. The van der Waals surface area contributed by atoms with Gasteiger partial charge in [0.2, 0.25) is 0 Å². The van der Waals surface area contributed by atoms with Crippen molar-refractivity contribution in [2.45, 2.75) is 0 Å². The Hall–Kier alpha value is 0.695. The van der Waals surface area contributed by atoms with E-state index >= 15 is 0 Å². The second kappa shape index (κ2) is 3.39. The van der Waals surface area contributed by atoms with Crippen LogP contribution in [-0.2, 0) is 0 Å². The van der Waals surface area contributed by atoms with Crippen molar-refractivity contribution in [2.75, 3.05) is 0 Å². The molecule has 0 spiro atoms. The van der Waals surface area contributed by atoms with Gasteiger partial charge < -0.3 is 0 Å². The van der Waals surface area contributed by atoms with Gasteiger partial charge in [0.15, 0.2) is 0 Å². The molecule has 0 aliphatic carbocycles. The number of benzene rings is 1. The van der Waals surface area contributed by atoms with Crippen LogP contribution < -0.4 is 13.1 Å². The van der Waals surface area contributed by atoms with Gasteiger partial charge in [-0.2, -0.15) is 0 Å². The zero-order valence-corrected chi connectivity index (χ0v) is 12.6. The fourth-order valence-electron chi connectivity index (χ4n) is 0.639. The Bertz CT molecular complexity index is 209. The third-order valence-corrected chi connectivity index (χ3v) is 5.77. The summed E-state index contributed by atoms with van der Waals surface area (Å²) in [6.07, 6.45) is 0. The molecule has 4 heteroatoms. The van der Waals surface area contributed by atoms with Gasteiger partial charge in [-0.15, -0.1) is 0 Å². The van der Waals surface area contributed by atoms with Crippen LogP contribution in [0.1, 0.15) is 0 Å². The Morgan fingerprint density at radius 3 is 1.90 bits per heavy atom. The van der Waals surface area contributed by atoms with E-state index in [0.29, 0.717) is 5.75 Å². The predicted octanol–water partition coefficient (Wildman–Crippen LogP) is -3.83. The van der Waals surface area contributed by atoms with Crippen molar-refractivity contribution >= 4 is 63.6 Å². The first-order valence-electron chi connectivity index (χ1n) is 2.74. The van der Waals surface area contributed by atoms with Crippen molar-refractivity contribution in [1.29, 1.82) is 0 Å². The first-order chi connectivity index (χ1) is 4.61. The van der Waals surface area contributed by atoms with Gasteiger partial charge in [0.1, 0.15) is 0 Å². The standard InChI is InChI=1S/C6H9As3O/c7-3-1-5(9)6(10)2-4(3)8/h1-2,10H,7-9H2. The molecule has 0 saturated carbocycles. The predicted molar refractivity (Wildman–Crippen MR) is 52.6 cm³/mol. The number of rotatable bonds is 0. The molecule has 10 heavy (non-hydrogen) atoms. The monoisotopic (exact) mass is 322 g/mol. The first-order valence-corrected chi connectivity index (χ1v) is 6.38. The Morgan fingerprint density at radius 1 is 0.900 bits per heavy atom. The van der Waals surface area contributed by atoms with Crippen molar-refractivity contribution in [1.82, 2.24) is 0 Å². The van der Waals surface area contributed by atoms with Gasteiger partial charge >= 0.3 is 86.6 Å². The molecule has 0 bridgehead atoms. The zero-order valence-electron chi connectivity index (χ0n) is 5.33. The fraction of sp³-hybridized carbons (Fsp3) is 0. The Morgan fingerprint density at radius 2 is 1.40 bits per heavy atom. The molecule has 1 aromatic rings. The molecule has 3 atom stereocenters. The van der Waals surface area contributed by atoms with Gasteiger partial charge in [-0.05, 0) is 0 Å². The van der Waals surface area contributed by atoms with E-state index in [1.807, 2.05) is 6.07 Å². The second-order valence-corrected chi connectivity index (χ2v) is 5.96. The van der Waals surface area contributed by atoms with E-state index in [9.17, 15) is 5.11 Å². The van der Waals surface area contributed by atoms with Crippen LogP contribution in [0.25, 0.3) is 0 Å². The molecule has 0 amide bonds. The van der Waals surface area contributed by atoms with E-state index < -0.39 is 0 Å². The van der Waals surface area contributed by atoms with Crippen LogP contribution in [0.3, 0.4) is 0 Å². The molecule has 0 radical (unpaired) electrons. The van der Waals surface area contributed by atoms with Crippen LogP contribution in [0.5, 0.6) is 5.75 Å². The number of phenols is 1. The van der Waals surface area contributed by atoms with Crippen LogP contribution in [0, 0.1) is 0 Å². The molecule has 1 aromatic carbocycles. The molecular formula is C6H9As3O. The maximum absolute atomic E-state index is 9.26. The van der Waals surface area contributed by atoms with Crippen LogP contribution >= 0.6 is 0 Å². The minimum absolute atomic E-state index is 0.445. The number of hydrogen-bond donors (Lipinski definition) is 1. The molecule has 1 N–H and O–H groups in total. The van der Waals surface area contributed by atoms with Crippen LogP contribution in [0.15, 0.2) is 12.1 Å². The maximum atomic E-state index is 9.26. The molecule has 0 fully saturated rings. The number of hydrogen-bond acceptors (Lipinski definition) is 1. The van der Waals surface area contributed by atoms with Crippen molar-refractivity contribution in [3.05, 3.63) is 12.1 Å². The summed E-state index contributed by atoms with van der Waals surface area (Å²) in [6.45, 7) is 0. The van der Waals surface area contributed by atoms with Gasteiger partial charge in [-0.1, -0.05) is 0 Å². The molecule has 0 aliphatic heterocycles. The Labute approximate surface area is 86.1 Å². The van der Waals surface area contributed by atoms with Crippen molar-refractivity contribution < 1.29 is 5.11 Å². The molecule has 0 heterocycles. The molecular weight excluding hydrogens is 313 g/mol. The van der Waals surface area contributed by atoms with E-state index in [1.54, 1.807) is 33.7 Å². The second-order valence-electron chi connectivity index (χ2n) is 2.04. The molecule has 1 rings (SSSR count). The average Bonchev–Trinajstić information content (AvgIpc) is 1.84. The SMILES string of the molecule is Oc1cc([AsH2])c([AsH2])cc1[AsH2]. The molecule has 54 valence electrons. The summed E-state index contributed by atoms with van der Waals surface area (Å²) in [5, 5.41) is 9.26. The summed E-state index contributed by atoms with van der Waals surface area (Å²) in [6, 6.07) is 3.92.